The minimum Gasteiger partial charge on any atom is -0.313 e. The zero-order chi connectivity index (χ0) is 10.4. The monoisotopic (exact) mass is 198 g/mol. The van der Waals surface area contributed by atoms with Crippen LogP contribution in [0, 0.1) is 0 Å². The van der Waals surface area contributed by atoms with E-state index < -0.39 is 0 Å². The van der Waals surface area contributed by atoms with Crippen molar-refractivity contribution in [1.82, 2.24) is 10.2 Å². The van der Waals surface area contributed by atoms with Gasteiger partial charge in [-0.1, -0.05) is 19.8 Å². The van der Waals surface area contributed by atoms with Gasteiger partial charge in [-0.25, -0.2) is 0 Å². The Labute approximate surface area is 89.1 Å². The second kappa shape index (κ2) is 6.41. The number of unbranched alkanes of at least 4 members (excludes halogenated alkanes) is 1. The standard InChI is InChI=1S/C12H26N2/c1-4-5-7-12(3)14-9-6-8-13-11(2)10-14/h11-13H,4-10H2,1-3H3. The molecule has 1 N–H and O–H groups in total. The Balaban J connectivity index is 2.32. The van der Waals surface area contributed by atoms with Crippen molar-refractivity contribution in [1.29, 1.82) is 0 Å². The smallest absolute Gasteiger partial charge is 0.0166 e. The zero-order valence-electron chi connectivity index (χ0n) is 10.1. The van der Waals surface area contributed by atoms with Gasteiger partial charge < -0.3 is 5.32 Å². The molecule has 84 valence electrons. The summed E-state index contributed by atoms with van der Waals surface area (Å²) in [5, 5.41) is 3.54. The first kappa shape index (κ1) is 12.0. The Kier molecular flexibility index (Phi) is 5.49. The van der Waals surface area contributed by atoms with Crippen molar-refractivity contribution in [3.63, 3.8) is 0 Å². The van der Waals surface area contributed by atoms with Crippen molar-refractivity contribution in [3.8, 4) is 0 Å². The van der Waals surface area contributed by atoms with Crippen LogP contribution in [-0.2, 0) is 0 Å². The maximum absolute atomic E-state index is 3.54. The van der Waals surface area contributed by atoms with Gasteiger partial charge in [0.05, 0.1) is 0 Å². The average molecular weight is 198 g/mol. The molecular formula is C12H26N2. The van der Waals surface area contributed by atoms with Gasteiger partial charge in [0.25, 0.3) is 0 Å². The molecule has 2 unspecified atom stereocenters. The first-order valence-electron chi connectivity index (χ1n) is 6.21. The molecule has 1 aliphatic rings. The second-order valence-corrected chi connectivity index (χ2v) is 4.69. The Bertz CT molecular complexity index is 147. The van der Waals surface area contributed by atoms with Gasteiger partial charge in [0.2, 0.25) is 0 Å². The predicted molar refractivity (Wildman–Crippen MR) is 62.6 cm³/mol. The molecule has 0 amide bonds. The van der Waals surface area contributed by atoms with Gasteiger partial charge >= 0.3 is 0 Å². The van der Waals surface area contributed by atoms with E-state index in [2.05, 4.69) is 31.0 Å². The zero-order valence-corrected chi connectivity index (χ0v) is 10.1. The summed E-state index contributed by atoms with van der Waals surface area (Å²) in [5.41, 5.74) is 0. The SMILES string of the molecule is CCCCC(C)N1CCCNC(C)C1. The summed E-state index contributed by atoms with van der Waals surface area (Å²) < 4.78 is 0. The number of nitrogens with one attached hydrogen (secondary N) is 1. The highest BCUT2D eigenvalue weighted by Crippen LogP contribution is 2.11. The van der Waals surface area contributed by atoms with Crippen LogP contribution >= 0.6 is 0 Å². The molecule has 0 radical (unpaired) electrons. The minimum absolute atomic E-state index is 0.668. The van der Waals surface area contributed by atoms with Crippen LogP contribution in [0.5, 0.6) is 0 Å². The van der Waals surface area contributed by atoms with Gasteiger partial charge in [-0.05, 0) is 39.8 Å². The Morgan fingerprint density at radius 3 is 3.00 bits per heavy atom. The third kappa shape index (κ3) is 3.97. The van der Waals surface area contributed by atoms with E-state index in [0.717, 1.165) is 6.04 Å². The van der Waals surface area contributed by atoms with Crippen molar-refractivity contribution < 1.29 is 0 Å². The fourth-order valence-electron chi connectivity index (χ4n) is 2.22. The van der Waals surface area contributed by atoms with E-state index >= 15 is 0 Å². The largest absolute Gasteiger partial charge is 0.313 e. The number of rotatable bonds is 4. The van der Waals surface area contributed by atoms with Crippen LogP contribution in [0.2, 0.25) is 0 Å². The minimum atomic E-state index is 0.668. The quantitative estimate of drug-likeness (QED) is 0.745. The van der Waals surface area contributed by atoms with Gasteiger partial charge in [0, 0.05) is 18.6 Å². The van der Waals surface area contributed by atoms with Crippen LogP contribution in [0.1, 0.15) is 46.5 Å². The van der Waals surface area contributed by atoms with Crippen molar-refractivity contribution in [2.24, 2.45) is 0 Å². The second-order valence-electron chi connectivity index (χ2n) is 4.69. The highest BCUT2D eigenvalue weighted by atomic mass is 15.2. The van der Waals surface area contributed by atoms with Crippen LogP contribution in [0.25, 0.3) is 0 Å². The van der Waals surface area contributed by atoms with Crippen molar-refractivity contribution >= 4 is 0 Å². The third-order valence-corrected chi connectivity index (χ3v) is 3.22. The topological polar surface area (TPSA) is 15.3 Å². The molecule has 0 saturated carbocycles. The molecule has 0 aromatic rings. The van der Waals surface area contributed by atoms with Gasteiger partial charge in [-0.15, -0.1) is 0 Å². The Morgan fingerprint density at radius 2 is 2.29 bits per heavy atom. The van der Waals surface area contributed by atoms with E-state index in [1.54, 1.807) is 0 Å². The van der Waals surface area contributed by atoms with Crippen molar-refractivity contribution in [3.05, 3.63) is 0 Å². The van der Waals surface area contributed by atoms with E-state index in [0.29, 0.717) is 6.04 Å². The van der Waals surface area contributed by atoms with E-state index in [1.165, 1.54) is 45.3 Å². The van der Waals surface area contributed by atoms with Crippen LogP contribution in [0.15, 0.2) is 0 Å². The first-order valence-corrected chi connectivity index (χ1v) is 6.21. The van der Waals surface area contributed by atoms with Crippen LogP contribution < -0.4 is 5.32 Å². The van der Waals surface area contributed by atoms with Gasteiger partial charge in [0.15, 0.2) is 0 Å². The lowest BCUT2D eigenvalue weighted by Crippen LogP contribution is -2.40. The van der Waals surface area contributed by atoms with E-state index in [4.69, 9.17) is 0 Å². The van der Waals surface area contributed by atoms with Crippen molar-refractivity contribution in [2.45, 2.75) is 58.5 Å². The van der Waals surface area contributed by atoms with Crippen molar-refractivity contribution in [2.75, 3.05) is 19.6 Å². The summed E-state index contributed by atoms with van der Waals surface area (Å²) in [6.07, 6.45) is 5.37. The number of nitrogens with zero attached hydrogens (tertiary/aromatic N) is 1. The Hall–Kier alpha value is -0.0800. The molecule has 0 aromatic heterocycles. The molecule has 0 bridgehead atoms. The summed E-state index contributed by atoms with van der Waals surface area (Å²) in [7, 11) is 0. The molecule has 14 heavy (non-hydrogen) atoms. The van der Waals surface area contributed by atoms with Crippen LogP contribution in [0.4, 0.5) is 0 Å². The lowest BCUT2D eigenvalue weighted by atomic mass is 10.1. The molecule has 0 aromatic carbocycles. The first-order chi connectivity index (χ1) is 6.74. The number of hydrogen-bond acceptors (Lipinski definition) is 2. The molecule has 1 saturated heterocycles. The molecule has 0 spiro atoms. The Morgan fingerprint density at radius 1 is 1.50 bits per heavy atom. The normalized spacial score (nSPS) is 27.2. The lowest BCUT2D eigenvalue weighted by molar-refractivity contribution is 0.196. The molecule has 1 heterocycles. The summed E-state index contributed by atoms with van der Waals surface area (Å²) in [5.74, 6) is 0. The molecule has 1 rings (SSSR count). The summed E-state index contributed by atoms with van der Waals surface area (Å²) in [6, 6.07) is 1.44. The summed E-state index contributed by atoms with van der Waals surface area (Å²) in [6.45, 7) is 10.7. The molecule has 1 aliphatic heterocycles. The number of hydrogen-bond donors (Lipinski definition) is 1. The molecule has 2 nitrogen and oxygen atoms in total. The van der Waals surface area contributed by atoms with Crippen LogP contribution in [-0.4, -0.2) is 36.6 Å². The molecule has 2 heteroatoms. The van der Waals surface area contributed by atoms with Gasteiger partial charge in [0.1, 0.15) is 0 Å². The summed E-state index contributed by atoms with van der Waals surface area (Å²) >= 11 is 0. The van der Waals surface area contributed by atoms with Gasteiger partial charge in [-0.2, -0.15) is 0 Å². The van der Waals surface area contributed by atoms with Gasteiger partial charge in [-0.3, -0.25) is 4.90 Å². The van der Waals surface area contributed by atoms with E-state index in [-0.39, 0.29) is 0 Å². The highest BCUT2D eigenvalue weighted by Gasteiger charge is 2.18. The molecule has 2 atom stereocenters. The average Bonchev–Trinajstić information content (AvgIpc) is 2.39. The maximum atomic E-state index is 3.54. The van der Waals surface area contributed by atoms with E-state index in [9.17, 15) is 0 Å². The molecule has 1 fully saturated rings. The highest BCUT2D eigenvalue weighted by molar-refractivity contribution is 4.76. The van der Waals surface area contributed by atoms with Crippen LogP contribution in [0.3, 0.4) is 0 Å². The summed E-state index contributed by atoms with van der Waals surface area (Å²) in [4.78, 5) is 2.65. The maximum Gasteiger partial charge on any atom is 0.0166 e. The van der Waals surface area contributed by atoms with E-state index in [1.807, 2.05) is 0 Å². The molecule has 0 aliphatic carbocycles. The lowest BCUT2D eigenvalue weighted by Gasteiger charge is -2.29. The third-order valence-electron chi connectivity index (χ3n) is 3.22. The predicted octanol–water partition coefficient (Wildman–Crippen LogP) is 2.25. The fourth-order valence-corrected chi connectivity index (χ4v) is 2.22. The molecular weight excluding hydrogens is 172 g/mol. The fraction of sp³-hybridized carbons (Fsp3) is 1.00.